The molecule has 31 heavy (non-hydrogen) atoms. The Hall–Kier alpha value is -1.89. The lowest BCUT2D eigenvalue weighted by Gasteiger charge is -2.25. The van der Waals surface area contributed by atoms with E-state index in [1.807, 2.05) is 0 Å². The molecule has 176 valence electrons. The average molecular weight is 436 g/mol. The molecule has 1 N–H and O–H groups in total. The van der Waals surface area contributed by atoms with Gasteiger partial charge in [-0.1, -0.05) is 76.3 Å². The highest BCUT2D eigenvalue weighted by Crippen LogP contribution is 2.16. The third-order valence-corrected chi connectivity index (χ3v) is 5.83. The minimum atomic E-state index is -0.265. The van der Waals surface area contributed by atoms with Crippen LogP contribution in [0.25, 0.3) is 0 Å². The van der Waals surface area contributed by atoms with Crippen molar-refractivity contribution in [3.63, 3.8) is 0 Å². The molecule has 0 unspecified atom stereocenters. The number of nitrogens with zero attached hydrogens (tertiary/aromatic N) is 2. The molecule has 1 aliphatic heterocycles. The van der Waals surface area contributed by atoms with Crippen molar-refractivity contribution < 1.29 is 18.8 Å². The zero-order valence-electron chi connectivity index (χ0n) is 19.3. The van der Waals surface area contributed by atoms with Crippen molar-refractivity contribution in [2.75, 3.05) is 25.0 Å². The van der Waals surface area contributed by atoms with Gasteiger partial charge in [0, 0.05) is 25.6 Å². The molecule has 7 nitrogen and oxygen atoms in total. The fourth-order valence-electron chi connectivity index (χ4n) is 4.02. The zero-order valence-corrected chi connectivity index (χ0v) is 19.3. The van der Waals surface area contributed by atoms with Crippen LogP contribution >= 0.6 is 0 Å². The van der Waals surface area contributed by atoms with Gasteiger partial charge < -0.3 is 19.5 Å². The molecule has 0 saturated carbocycles. The quantitative estimate of drug-likeness (QED) is 0.335. The molecule has 2 amide bonds. The van der Waals surface area contributed by atoms with Crippen molar-refractivity contribution in [1.29, 1.82) is 0 Å². The highest BCUT2D eigenvalue weighted by molar-refractivity contribution is 5.93. The van der Waals surface area contributed by atoms with Gasteiger partial charge in [-0.15, -0.1) is 0 Å². The van der Waals surface area contributed by atoms with Crippen molar-refractivity contribution in [1.82, 2.24) is 10.1 Å². The molecule has 1 aliphatic rings. The van der Waals surface area contributed by atoms with Crippen molar-refractivity contribution in [2.24, 2.45) is 0 Å². The van der Waals surface area contributed by atoms with Gasteiger partial charge in [-0.25, -0.2) is 0 Å². The van der Waals surface area contributed by atoms with Gasteiger partial charge in [0.25, 0.3) is 0 Å². The Labute approximate surface area is 187 Å². The van der Waals surface area contributed by atoms with Crippen LogP contribution in [0.5, 0.6) is 0 Å². The Kier molecular flexibility index (Phi) is 13.0. The van der Waals surface area contributed by atoms with Crippen LogP contribution in [-0.2, 0) is 14.3 Å². The minimum Gasteiger partial charge on any atom is -0.376 e. The minimum absolute atomic E-state index is 0.0174. The Morgan fingerprint density at radius 3 is 2.32 bits per heavy atom. The van der Waals surface area contributed by atoms with Crippen molar-refractivity contribution in [2.45, 2.75) is 103 Å². The summed E-state index contributed by atoms with van der Waals surface area (Å²) >= 11 is 0. The number of rotatable bonds is 17. The largest absolute Gasteiger partial charge is 0.376 e. The lowest BCUT2D eigenvalue weighted by atomic mass is 10.0. The summed E-state index contributed by atoms with van der Waals surface area (Å²) in [6.07, 6.45) is 17.6. The third-order valence-electron chi connectivity index (χ3n) is 5.83. The Balaban J connectivity index is 1.62. The van der Waals surface area contributed by atoms with Crippen LogP contribution in [0.15, 0.2) is 16.9 Å². The first-order valence-corrected chi connectivity index (χ1v) is 12.3. The lowest BCUT2D eigenvalue weighted by molar-refractivity contribution is -0.136. The van der Waals surface area contributed by atoms with E-state index in [2.05, 4.69) is 17.4 Å². The zero-order chi connectivity index (χ0) is 22.2. The summed E-state index contributed by atoms with van der Waals surface area (Å²) in [5.41, 5.74) is 0. The van der Waals surface area contributed by atoms with Gasteiger partial charge in [-0.2, -0.15) is 0 Å². The van der Waals surface area contributed by atoms with Crippen molar-refractivity contribution >= 4 is 17.6 Å². The van der Waals surface area contributed by atoms with Crippen LogP contribution in [0.2, 0.25) is 0 Å². The van der Waals surface area contributed by atoms with E-state index in [-0.39, 0.29) is 24.5 Å². The summed E-state index contributed by atoms with van der Waals surface area (Å²) in [5, 5.41) is 6.35. The van der Waals surface area contributed by atoms with Crippen LogP contribution in [0.3, 0.4) is 0 Å². The molecule has 1 atom stereocenters. The molecule has 0 bridgehead atoms. The summed E-state index contributed by atoms with van der Waals surface area (Å²) in [5.74, 6) is 0.126. The summed E-state index contributed by atoms with van der Waals surface area (Å²) in [4.78, 5) is 26.8. The molecule has 1 aromatic rings. The number of hydrogen-bond acceptors (Lipinski definition) is 5. The first-order valence-electron chi connectivity index (χ1n) is 12.3. The third kappa shape index (κ3) is 11.3. The number of nitrogens with one attached hydrogen (secondary N) is 1. The first-order chi connectivity index (χ1) is 15.2. The fraction of sp³-hybridized carbons (Fsp3) is 0.792. The molecule has 1 saturated heterocycles. The molecular weight excluding hydrogens is 394 g/mol. The van der Waals surface area contributed by atoms with Gasteiger partial charge in [-0.05, 0) is 19.3 Å². The van der Waals surface area contributed by atoms with E-state index in [1.165, 1.54) is 64.1 Å². The molecule has 0 aromatic carbocycles. The van der Waals surface area contributed by atoms with E-state index >= 15 is 0 Å². The second-order valence-electron chi connectivity index (χ2n) is 8.63. The van der Waals surface area contributed by atoms with E-state index in [0.29, 0.717) is 18.8 Å². The highest BCUT2D eigenvalue weighted by Gasteiger charge is 2.24. The smallest absolute Gasteiger partial charge is 0.245 e. The topological polar surface area (TPSA) is 84.7 Å². The van der Waals surface area contributed by atoms with Crippen LogP contribution < -0.4 is 5.32 Å². The number of carbonyl (C=O) groups excluding carboxylic acids is 2. The molecule has 1 aromatic heterocycles. The number of amides is 2. The second-order valence-corrected chi connectivity index (χ2v) is 8.63. The molecule has 1 fully saturated rings. The molecule has 0 aliphatic carbocycles. The average Bonchev–Trinajstić information content (AvgIpc) is 3.45. The standard InChI is InChI=1S/C24H41N3O4/c1-2-3-4-5-6-7-8-9-10-11-12-15-24(29)27(19-21-14-13-17-30-21)20-23(28)25-22-16-18-31-26-22/h16,18,21H,2-15,17,19-20H2,1H3,(H,25,26,28)/t21-/m1/s1. The maximum absolute atomic E-state index is 12.8. The highest BCUT2D eigenvalue weighted by atomic mass is 16.5. The Morgan fingerprint density at radius 2 is 1.74 bits per heavy atom. The number of unbranched alkanes of at least 4 members (excludes halogenated alkanes) is 10. The number of hydrogen-bond donors (Lipinski definition) is 1. The summed E-state index contributed by atoms with van der Waals surface area (Å²) in [6.45, 7) is 3.48. The van der Waals surface area contributed by atoms with E-state index in [9.17, 15) is 9.59 Å². The first kappa shape index (κ1) is 25.4. The number of ether oxygens (including phenoxy) is 1. The molecular formula is C24H41N3O4. The van der Waals surface area contributed by atoms with Crippen molar-refractivity contribution in [3.8, 4) is 0 Å². The van der Waals surface area contributed by atoms with Gasteiger partial charge in [0.2, 0.25) is 11.8 Å². The van der Waals surface area contributed by atoms with Gasteiger partial charge in [0.15, 0.2) is 5.82 Å². The van der Waals surface area contributed by atoms with E-state index in [1.54, 1.807) is 11.0 Å². The molecule has 7 heteroatoms. The molecule has 2 heterocycles. The van der Waals surface area contributed by atoms with Crippen molar-refractivity contribution in [3.05, 3.63) is 12.3 Å². The molecule has 0 radical (unpaired) electrons. The Morgan fingerprint density at radius 1 is 1.06 bits per heavy atom. The van der Waals surface area contributed by atoms with Gasteiger partial charge in [0.1, 0.15) is 6.26 Å². The molecule has 0 spiro atoms. The predicted octanol–water partition coefficient (Wildman–Crippen LogP) is 5.32. The Bertz CT molecular complexity index is 600. The van der Waals surface area contributed by atoms with E-state index < -0.39 is 0 Å². The van der Waals surface area contributed by atoms with Crippen LogP contribution in [0, 0.1) is 0 Å². The van der Waals surface area contributed by atoms with Gasteiger partial charge in [-0.3, -0.25) is 9.59 Å². The fourth-order valence-corrected chi connectivity index (χ4v) is 4.02. The lowest BCUT2D eigenvalue weighted by Crippen LogP contribution is -2.42. The summed E-state index contributed by atoms with van der Waals surface area (Å²) in [6, 6.07) is 1.58. The second kappa shape index (κ2) is 15.8. The normalized spacial score (nSPS) is 15.8. The number of anilines is 1. The van der Waals surface area contributed by atoms with Gasteiger partial charge in [0.05, 0.1) is 12.6 Å². The van der Waals surface area contributed by atoms with Gasteiger partial charge >= 0.3 is 0 Å². The summed E-state index contributed by atoms with van der Waals surface area (Å²) < 4.78 is 10.4. The van der Waals surface area contributed by atoms with Crippen LogP contribution in [0.4, 0.5) is 5.82 Å². The SMILES string of the molecule is CCCCCCCCCCCCCC(=O)N(CC(=O)Nc1ccon1)C[C@H]1CCCO1. The van der Waals surface area contributed by atoms with E-state index in [0.717, 1.165) is 32.3 Å². The molecule has 2 rings (SSSR count). The maximum Gasteiger partial charge on any atom is 0.245 e. The summed E-state index contributed by atoms with van der Waals surface area (Å²) in [7, 11) is 0. The van der Waals surface area contributed by atoms with Crippen LogP contribution in [0.1, 0.15) is 96.8 Å². The van der Waals surface area contributed by atoms with E-state index in [4.69, 9.17) is 9.26 Å². The maximum atomic E-state index is 12.8. The number of carbonyl (C=O) groups is 2. The van der Waals surface area contributed by atoms with Crippen LogP contribution in [-0.4, -0.2) is 47.7 Å². The monoisotopic (exact) mass is 435 g/mol. The predicted molar refractivity (Wildman–Crippen MR) is 122 cm³/mol. The number of aromatic nitrogens is 1.